The molecule has 0 saturated heterocycles. The summed E-state index contributed by atoms with van der Waals surface area (Å²) in [7, 11) is 0. The smallest absolute Gasteiger partial charge is 0.169 e. The van der Waals surface area contributed by atoms with Gasteiger partial charge in [-0.25, -0.2) is 9.82 Å². The Hall–Kier alpha value is -2.17. The van der Waals surface area contributed by atoms with Gasteiger partial charge in [0.05, 0.1) is 0 Å². The van der Waals surface area contributed by atoms with Gasteiger partial charge in [-0.15, -0.1) is 0 Å². The summed E-state index contributed by atoms with van der Waals surface area (Å²) in [6.07, 6.45) is 0. The normalized spacial score (nSPS) is 12.7. The quantitative estimate of drug-likeness (QED) is 0.559. The van der Waals surface area contributed by atoms with E-state index in [0.717, 1.165) is 10.9 Å². The number of hydrogen-bond acceptors (Lipinski definition) is 3. The van der Waals surface area contributed by atoms with Crippen molar-refractivity contribution < 1.29 is 8.81 Å². The van der Waals surface area contributed by atoms with Gasteiger partial charge in [-0.05, 0) is 17.7 Å². The Bertz CT molecular complexity index is 694. The Morgan fingerprint density at radius 3 is 2.53 bits per heavy atom. The highest BCUT2D eigenvalue weighted by Crippen LogP contribution is 2.29. The molecule has 0 radical (unpaired) electrons. The molecule has 0 amide bonds. The van der Waals surface area contributed by atoms with Crippen molar-refractivity contribution >= 4 is 11.0 Å². The minimum absolute atomic E-state index is 0.258. The van der Waals surface area contributed by atoms with E-state index < -0.39 is 0 Å². The first kappa shape index (κ1) is 11.9. The zero-order valence-electron chi connectivity index (χ0n) is 10.1. The molecule has 4 heteroatoms. The van der Waals surface area contributed by atoms with Crippen LogP contribution in [0, 0.1) is 5.82 Å². The molecule has 0 aliphatic rings. The van der Waals surface area contributed by atoms with E-state index >= 15 is 0 Å². The Morgan fingerprint density at radius 2 is 1.84 bits per heavy atom. The zero-order chi connectivity index (χ0) is 13.2. The molecule has 1 unspecified atom stereocenters. The SMILES string of the molecule is NNC(c1ccccc1)c1cc2cccc(F)c2o1. The number of nitrogens with one attached hydrogen (secondary N) is 1. The number of hydrogen-bond donors (Lipinski definition) is 2. The molecule has 2 aromatic carbocycles. The largest absolute Gasteiger partial charge is 0.456 e. The lowest BCUT2D eigenvalue weighted by atomic mass is 10.1. The maximum Gasteiger partial charge on any atom is 0.169 e. The predicted molar refractivity (Wildman–Crippen MR) is 71.8 cm³/mol. The minimum Gasteiger partial charge on any atom is -0.456 e. The van der Waals surface area contributed by atoms with Crippen LogP contribution in [0.3, 0.4) is 0 Å². The second kappa shape index (κ2) is 4.84. The van der Waals surface area contributed by atoms with Crippen LogP contribution >= 0.6 is 0 Å². The number of halogens is 1. The summed E-state index contributed by atoms with van der Waals surface area (Å²) in [5.74, 6) is 5.82. The van der Waals surface area contributed by atoms with Crippen LogP contribution in [0.2, 0.25) is 0 Å². The Morgan fingerprint density at radius 1 is 1.05 bits per heavy atom. The number of fused-ring (bicyclic) bond motifs is 1. The van der Waals surface area contributed by atoms with Gasteiger partial charge in [0.2, 0.25) is 0 Å². The summed E-state index contributed by atoms with van der Waals surface area (Å²) in [4.78, 5) is 0. The fourth-order valence-electron chi connectivity index (χ4n) is 2.18. The highest BCUT2D eigenvalue weighted by Gasteiger charge is 2.18. The van der Waals surface area contributed by atoms with Gasteiger partial charge in [0.1, 0.15) is 11.8 Å². The predicted octanol–water partition coefficient (Wildman–Crippen LogP) is 3.12. The molecule has 0 saturated carbocycles. The van der Waals surface area contributed by atoms with E-state index in [2.05, 4.69) is 5.43 Å². The topological polar surface area (TPSA) is 51.2 Å². The lowest BCUT2D eigenvalue weighted by molar-refractivity contribution is 0.465. The Labute approximate surface area is 109 Å². The maximum absolute atomic E-state index is 13.6. The molecule has 3 N–H and O–H groups in total. The first-order valence-corrected chi connectivity index (χ1v) is 5.98. The van der Waals surface area contributed by atoms with Gasteiger partial charge in [-0.2, -0.15) is 0 Å². The van der Waals surface area contributed by atoms with Crippen molar-refractivity contribution in [3.8, 4) is 0 Å². The van der Waals surface area contributed by atoms with Crippen molar-refractivity contribution in [1.29, 1.82) is 0 Å². The average Bonchev–Trinajstić information content (AvgIpc) is 2.86. The van der Waals surface area contributed by atoms with Crippen molar-refractivity contribution in [2.24, 2.45) is 5.84 Å². The van der Waals surface area contributed by atoms with Crippen LogP contribution in [0.15, 0.2) is 59.0 Å². The number of rotatable bonds is 3. The van der Waals surface area contributed by atoms with Crippen LogP contribution in [-0.4, -0.2) is 0 Å². The van der Waals surface area contributed by atoms with E-state index in [1.165, 1.54) is 6.07 Å². The molecular weight excluding hydrogens is 243 g/mol. The highest BCUT2D eigenvalue weighted by atomic mass is 19.1. The summed E-state index contributed by atoms with van der Waals surface area (Å²) >= 11 is 0. The van der Waals surface area contributed by atoms with Gasteiger partial charge < -0.3 is 4.42 Å². The molecule has 3 nitrogen and oxygen atoms in total. The van der Waals surface area contributed by atoms with Crippen LogP contribution in [0.5, 0.6) is 0 Å². The number of nitrogens with two attached hydrogens (primary N) is 1. The number of para-hydroxylation sites is 1. The Kier molecular flexibility index (Phi) is 3.03. The van der Waals surface area contributed by atoms with Crippen LogP contribution in [0.25, 0.3) is 11.0 Å². The van der Waals surface area contributed by atoms with Gasteiger partial charge in [-0.3, -0.25) is 5.84 Å². The monoisotopic (exact) mass is 256 g/mol. The molecule has 0 spiro atoms. The molecule has 0 bridgehead atoms. The molecule has 19 heavy (non-hydrogen) atoms. The zero-order valence-corrected chi connectivity index (χ0v) is 10.1. The Balaban J connectivity index is 2.09. The first-order valence-electron chi connectivity index (χ1n) is 5.98. The summed E-state index contributed by atoms with van der Waals surface area (Å²) in [6.45, 7) is 0. The van der Waals surface area contributed by atoms with E-state index in [9.17, 15) is 4.39 Å². The van der Waals surface area contributed by atoms with Crippen LogP contribution < -0.4 is 11.3 Å². The lowest BCUT2D eigenvalue weighted by Crippen LogP contribution is -2.28. The molecule has 3 rings (SSSR count). The molecule has 96 valence electrons. The molecule has 0 aliphatic carbocycles. The fraction of sp³-hybridized carbons (Fsp3) is 0.0667. The standard InChI is InChI=1S/C15H13FN2O/c16-12-8-4-7-11-9-13(19-15(11)12)14(18-17)10-5-2-1-3-6-10/h1-9,14,18H,17H2. The van der Waals surface area contributed by atoms with E-state index in [-0.39, 0.29) is 17.4 Å². The lowest BCUT2D eigenvalue weighted by Gasteiger charge is -2.13. The van der Waals surface area contributed by atoms with Crippen LogP contribution in [-0.2, 0) is 0 Å². The third kappa shape index (κ3) is 2.12. The molecular formula is C15H13FN2O. The molecule has 0 fully saturated rings. The van der Waals surface area contributed by atoms with Gasteiger partial charge in [0, 0.05) is 5.39 Å². The van der Waals surface area contributed by atoms with Crippen LogP contribution in [0.1, 0.15) is 17.4 Å². The van der Waals surface area contributed by atoms with E-state index in [0.29, 0.717) is 5.76 Å². The van der Waals surface area contributed by atoms with Crippen LogP contribution in [0.4, 0.5) is 4.39 Å². The summed E-state index contributed by atoms with van der Waals surface area (Å²) in [5, 5.41) is 0.728. The van der Waals surface area contributed by atoms with E-state index in [4.69, 9.17) is 10.3 Å². The highest BCUT2D eigenvalue weighted by molar-refractivity contribution is 5.78. The van der Waals surface area contributed by atoms with Gasteiger partial charge in [0.25, 0.3) is 0 Å². The minimum atomic E-state index is -0.368. The summed E-state index contributed by atoms with van der Waals surface area (Å²) < 4.78 is 19.2. The number of furan rings is 1. The summed E-state index contributed by atoms with van der Waals surface area (Å²) in [5.41, 5.74) is 3.92. The van der Waals surface area contributed by atoms with E-state index in [1.54, 1.807) is 12.1 Å². The fourth-order valence-corrected chi connectivity index (χ4v) is 2.18. The van der Waals surface area contributed by atoms with Gasteiger partial charge in [0.15, 0.2) is 11.4 Å². The second-order valence-corrected chi connectivity index (χ2v) is 4.32. The van der Waals surface area contributed by atoms with Crippen molar-refractivity contribution in [1.82, 2.24) is 5.43 Å². The van der Waals surface area contributed by atoms with Crippen molar-refractivity contribution in [2.45, 2.75) is 6.04 Å². The molecule has 0 aliphatic heterocycles. The molecule has 3 aromatic rings. The summed E-state index contributed by atoms with van der Waals surface area (Å²) in [6, 6.07) is 16.0. The number of benzene rings is 2. The molecule has 1 heterocycles. The second-order valence-electron chi connectivity index (χ2n) is 4.32. The number of hydrazine groups is 1. The van der Waals surface area contributed by atoms with Crippen molar-refractivity contribution in [3.05, 3.63) is 71.7 Å². The van der Waals surface area contributed by atoms with Crippen molar-refractivity contribution in [2.75, 3.05) is 0 Å². The first-order chi connectivity index (χ1) is 9.29. The van der Waals surface area contributed by atoms with Gasteiger partial charge in [-0.1, -0.05) is 42.5 Å². The van der Waals surface area contributed by atoms with Gasteiger partial charge >= 0.3 is 0 Å². The molecule has 1 aromatic heterocycles. The van der Waals surface area contributed by atoms with E-state index in [1.807, 2.05) is 36.4 Å². The van der Waals surface area contributed by atoms with Crippen molar-refractivity contribution in [3.63, 3.8) is 0 Å². The maximum atomic E-state index is 13.6. The molecule has 1 atom stereocenters. The third-order valence-electron chi connectivity index (χ3n) is 3.10. The average molecular weight is 256 g/mol. The third-order valence-corrected chi connectivity index (χ3v) is 3.10.